The van der Waals surface area contributed by atoms with Crippen molar-refractivity contribution in [2.24, 2.45) is 15.3 Å². The summed E-state index contributed by atoms with van der Waals surface area (Å²) >= 11 is 6.11. The van der Waals surface area contributed by atoms with Crippen LogP contribution in [0.2, 0.25) is 5.28 Å². The van der Waals surface area contributed by atoms with Crippen LogP contribution in [0.5, 0.6) is 11.5 Å². The van der Waals surface area contributed by atoms with Gasteiger partial charge in [0.25, 0.3) is 16.6 Å². The first kappa shape index (κ1) is 32.4. The summed E-state index contributed by atoms with van der Waals surface area (Å²) in [7, 11) is -4.78. The molecule has 47 heavy (non-hydrogen) atoms. The van der Waals surface area contributed by atoms with E-state index in [0.29, 0.717) is 11.3 Å². The molecular formula is C30H24ClN9O6S. The van der Waals surface area contributed by atoms with Gasteiger partial charge in [0.1, 0.15) is 11.4 Å². The summed E-state index contributed by atoms with van der Waals surface area (Å²) in [6.45, 7) is 2.19. The van der Waals surface area contributed by atoms with E-state index in [0.717, 1.165) is 17.7 Å². The number of ether oxygens (including phenoxy) is 1. The Morgan fingerprint density at radius 3 is 2.26 bits per heavy atom. The van der Waals surface area contributed by atoms with Crippen molar-refractivity contribution in [3.8, 4) is 11.5 Å². The minimum Gasteiger partial charge on any atom is -0.504 e. The van der Waals surface area contributed by atoms with Crippen LogP contribution in [0.4, 0.5) is 34.6 Å². The molecule has 0 aliphatic rings. The number of phenolic OH excluding ortho intramolecular Hbond substituents is 1. The quantitative estimate of drug-likeness (QED) is 0.0197. The molecule has 1 heterocycles. The minimum atomic E-state index is -4.78. The number of carbonyl (C=O) groups is 1. The first-order chi connectivity index (χ1) is 22.6. The number of amidine groups is 1. The normalized spacial score (nSPS) is 11.7. The van der Waals surface area contributed by atoms with Crippen LogP contribution in [-0.2, 0) is 14.9 Å². The number of hydrazone groups is 1. The molecule has 0 atom stereocenters. The zero-order chi connectivity index (χ0) is 33.4. The zero-order valence-electron chi connectivity index (χ0n) is 24.2. The third-order valence-electron chi connectivity index (χ3n) is 6.15. The Kier molecular flexibility index (Phi) is 9.95. The molecule has 5 N–H and O–H groups in total. The summed E-state index contributed by atoms with van der Waals surface area (Å²) in [5, 5.41) is 29.1. The van der Waals surface area contributed by atoms with E-state index in [1.807, 2.05) is 19.1 Å². The van der Waals surface area contributed by atoms with Gasteiger partial charge in [0.2, 0.25) is 23.0 Å². The molecule has 15 nitrogen and oxygen atoms in total. The molecule has 17 heteroatoms. The van der Waals surface area contributed by atoms with E-state index in [-0.39, 0.29) is 52.3 Å². The standard InChI is InChI=1S/C30H24ClN9O6S/c1-18-11-13-20(14-12-18)32-29-34-28(31)35-30(36-29)33-23-15-21(47(43,44)45)16-24(26(23)42)38-40-27(19-7-3-2-4-8-19)39-37-22-9-5-6-10-25(22)46-17-41/h2-17,38,42H,1H3,(H,43,44,45)(H2,32,33,34,35,36). The highest BCUT2D eigenvalue weighted by molar-refractivity contribution is 7.85. The van der Waals surface area contributed by atoms with E-state index in [1.165, 1.54) is 6.07 Å². The van der Waals surface area contributed by atoms with Crippen molar-refractivity contribution in [3.63, 3.8) is 0 Å². The second-order valence-electron chi connectivity index (χ2n) is 9.50. The van der Waals surface area contributed by atoms with Gasteiger partial charge < -0.3 is 20.5 Å². The Balaban J connectivity index is 1.50. The van der Waals surface area contributed by atoms with Crippen molar-refractivity contribution in [1.29, 1.82) is 0 Å². The van der Waals surface area contributed by atoms with Gasteiger partial charge in [-0.15, -0.1) is 10.2 Å². The largest absolute Gasteiger partial charge is 0.504 e. The minimum absolute atomic E-state index is 0.00579. The van der Waals surface area contributed by atoms with Crippen LogP contribution < -0.4 is 20.8 Å². The number of halogens is 1. The maximum atomic E-state index is 12.2. The lowest BCUT2D eigenvalue weighted by atomic mass is 10.2. The van der Waals surface area contributed by atoms with Gasteiger partial charge in [-0.3, -0.25) is 14.8 Å². The van der Waals surface area contributed by atoms with Crippen LogP contribution in [0, 0.1) is 6.92 Å². The Bertz CT molecular complexity index is 2080. The van der Waals surface area contributed by atoms with Crippen molar-refractivity contribution in [1.82, 2.24) is 15.0 Å². The summed E-state index contributed by atoms with van der Waals surface area (Å²) in [6.07, 6.45) is 0. The Morgan fingerprint density at radius 1 is 0.894 bits per heavy atom. The predicted octanol–water partition coefficient (Wildman–Crippen LogP) is 6.37. The van der Waals surface area contributed by atoms with Gasteiger partial charge in [0, 0.05) is 11.3 Å². The van der Waals surface area contributed by atoms with Crippen LogP contribution in [0.1, 0.15) is 11.1 Å². The fraction of sp³-hybridized carbons (Fsp3) is 0.0333. The van der Waals surface area contributed by atoms with Crippen LogP contribution in [0.15, 0.2) is 111 Å². The predicted molar refractivity (Wildman–Crippen MR) is 175 cm³/mol. The molecule has 1 aromatic heterocycles. The zero-order valence-corrected chi connectivity index (χ0v) is 25.8. The van der Waals surface area contributed by atoms with Crippen LogP contribution >= 0.6 is 11.6 Å². The lowest BCUT2D eigenvalue weighted by Crippen LogP contribution is -2.07. The number of nitrogens with one attached hydrogen (secondary N) is 3. The number of hydrogen-bond donors (Lipinski definition) is 5. The first-order valence-corrected chi connectivity index (χ1v) is 15.3. The molecule has 0 unspecified atom stereocenters. The highest BCUT2D eigenvalue weighted by atomic mass is 35.5. The first-order valence-electron chi connectivity index (χ1n) is 13.5. The van der Waals surface area contributed by atoms with Gasteiger partial charge >= 0.3 is 0 Å². The molecule has 0 aliphatic heterocycles. The highest BCUT2D eigenvalue weighted by Crippen LogP contribution is 2.37. The molecule has 0 spiro atoms. The topological polar surface area (TPSA) is 213 Å². The molecule has 0 fully saturated rings. The third-order valence-corrected chi connectivity index (χ3v) is 7.15. The Labute approximate surface area is 272 Å². The molecule has 0 radical (unpaired) electrons. The molecule has 238 valence electrons. The number of nitrogens with zero attached hydrogens (tertiary/aromatic N) is 6. The summed E-state index contributed by atoms with van der Waals surface area (Å²) in [5.74, 6) is -0.486. The number of aromatic hydroxyl groups is 1. The number of phenols is 1. The van der Waals surface area contributed by atoms with E-state index in [2.05, 4.69) is 46.3 Å². The smallest absolute Gasteiger partial charge is 0.298 e. The van der Waals surface area contributed by atoms with Crippen molar-refractivity contribution in [3.05, 3.63) is 107 Å². The number of aromatic nitrogens is 3. The van der Waals surface area contributed by atoms with Crippen LogP contribution in [0.3, 0.4) is 0 Å². The average molecular weight is 674 g/mol. The molecule has 0 bridgehead atoms. The molecule has 0 saturated heterocycles. The number of benzene rings is 4. The van der Waals surface area contributed by atoms with Gasteiger partial charge in [-0.25, -0.2) is 0 Å². The van der Waals surface area contributed by atoms with Gasteiger partial charge in [0.05, 0.1) is 10.6 Å². The van der Waals surface area contributed by atoms with Gasteiger partial charge in [0.15, 0.2) is 11.5 Å². The number of anilines is 5. The van der Waals surface area contributed by atoms with Crippen molar-refractivity contribution >= 4 is 68.7 Å². The van der Waals surface area contributed by atoms with E-state index < -0.39 is 20.8 Å². The van der Waals surface area contributed by atoms with Crippen molar-refractivity contribution in [2.75, 3.05) is 16.1 Å². The summed E-state index contributed by atoms with van der Waals surface area (Å²) in [5.41, 5.74) is 4.50. The lowest BCUT2D eigenvalue weighted by molar-refractivity contribution is -0.120. The summed E-state index contributed by atoms with van der Waals surface area (Å²) in [4.78, 5) is 22.6. The van der Waals surface area contributed by atoms with Crippen LogP contribution in [-0.4, -0.2) is 45.3 Å². The number of hydrogen-bond acceptors (Lipinski definition) is 13. The maximum Gasteiger partial charge on any atom is 0.298 e. The average Bonchev–Trinajstić information content (AvgIpc) is 3.04. The Hall–Kier alpha value is -5.97. The summed E-state index contributed by atoms with van der Waals surface area (Å²) in [6, 6.07) is 24.3. The summed E-state index contributed by atoms with van der Waals surface area (Å²) < 4.78 is 39.2. The fourth-order valence-corrected chi connectivity index (χ4v) is 4.62. The third kappa shape index (κ3) is 8.60. The maximum absolute atomic E-state index is 12.2. The monoisotopic (exact) mass is 673 g/mol. The van der Waals surface area contributed by atoms with E-state index in [1.54, 1.807) is 60.7 Å². The highest BCUT2D eigenvalue weighted by Gasteiger charge is 2.19. The second kappa shape index (κ2) is 14.4. The van der Waals surface area contributed by atoms with E-state index >= 15 is 0 Å². The number of aryl methyl sites for hydroxylation is 1. The van der Waals surface area contributed by atoms with Gasteiger partial charge in [-0.05, 0) is 54.9 Å². The second-order valence-corrected chi connectivity index (χ2v) is 11.3. The molecule has 4 aromatic carbocycles. The van der Waals surface area contributed by atoms with Gasteiger partial charge in [-0.2, -0.15) is 28.5 Å². The molecule has 0 aliphatic carbocycles. The number of carbonyl (C=O) groups excluding carboxylic acids is 1. The Morgan fingerprint density at radius 2 is 1.55 bits per heavy atom. The fourth-order valence-electron chi connectivity index (χ4n) is 3.92. The van der Waals surface area contributed by atoms with Gasteiger partial charge in [-0.1, -0.05) is 60.2 Å². The molecular weight excluding hydrogens is 650 g/mol. The SMILES string of the molecule is Cc1ccc(Nc2nc(Cl)nc(Nc3cc(S(=O)(=O)O)cc(NN=C(N=Nc4ccccc4OC=O)c4ccccc4)c3O)n2)cc1. The number of azo groups is 1. The molecule has 0 saturated carbocycles. The van der Waals surface area contributed by atoms with Crippen molar-refractivity contribution in [2.45, 2.75) is 11.8 Å². The number of rotatable bonds is 11. The lowest BCUT2D eigenvalue weighted by Gasteiger charge is -2.14. The van der Waals surface area contributed by atoms with Crippen LogP contribution in [0.25, 0.3) is 0 Å². The van der Waals surface area contributed by atoms with E-state index in [9.17, 15) is 22.9 Å². The molecule has 5 rings (SSSR count). The molecule has 5 aromatic rings. The number of para-hydroxylation sites is 1. The molecule has 0 amide bonds. The van der Waals surface area contributed by atoms with Crippen molar-refractivity contribution < 1.29 is 27.6 Å². The van der Waals surface area contributed by atoms with E-state index in [4.69, 9.17) is 16.3 Å².